The molecular weight excluding hydrogens is 452 g/mol. The number of carbonyl (C=O) groups is 2. The summed E-state index contributed by atoms with van der Waals surface area (Å²) >= 11 is 0. The van der Waals surface area contributed by atoms with Crippen LogP contribution in [0.15, 0.2) is 0 Å². The molecule has 0 fully saturated rings. The molecule has 5 nitrogen and oxygen atoms in total. The van der Waals surface area contributed by atoms with E-state index in [9.17, 15) is 14.7 Å². The van der Waals surface area contributed by atoms with Crippen molar-refractivity contribution in [2.24, 2.45) is 0 Å². The fourth-order valence-electron chi connectivity index (χ4n) is 4.49. The lowest BCUT2D eigenvalue weighted by atomic mass is 10.0. The van der Waals surface area contributed by atoms with Crippen LogP contribution in [-0.2, 0) is 19.1 Å². The summed E-state index contributed by atoms with van der Waals surface area (Å²) in [7, 11) is 0. The Morgan fingerprint density at radius 2 is 0.861 bits per heavy atom. The van der Waals surface area contributed by atoms with Crippen LogP contribution in [0.2, 0.25) is 0 Å². The first kappa shape index (κ1) is 34.9. The second-order valence-electron chi connectivity index (χ2n) is 10.5. The van der Waals surface area contributed by atoms with Crippen molar-refractivity contribution in [3.05, 3.63) is 0 Å². The molecule has 0 aromatic heterocycles. The Hall–Kier alpha value is -1.10. The summed E-state index contributed by atoms with van der Waals surface area (Å²) in [5.41, 5.74) is 0. The summed E-state index contributed by atoms with van der Waals surface area (Å²) < 4.78 is 10.5. The third-order valence-electron chi connectivity index (χ3n) is 6.90. The number of hydrogen-bond donors (Lipinski definition) is 1. The SMILES string of the molecule is CCCCCCCCCCCCCCCCCC(=O)OCC(CO)OC(=O)CCCCCCCCC. The number of hydrogen-bond acceptors (Lipinski definition) is 5. The molecule has 1 unspecified atom stereocenters. The molecule has 36 heavy (non-hydrogen) atoms. The van der Waals surface area contributed by atoms with Gasteiger partial charge in [0.2, 0.25) is 0 Å². The highest BCUT2D eigenvalue weighted by Gasteiger charge is 2.16. The summed E-state index contributed by atoms with van der Waals surface area (Å²) in [5.74, 6) is -0.590. The Labute approximate surface area is 223 Å². The number of carbonyl (C=O) groups excluding carboxylic acids is 2. The Bertz CT molecular complexity index is 480. The second-order valence-corrected chi connectivity index (χ2v) is 10.5. The predicted molar refractivity (Wildman–Crippen MR) is 150 cm³/mol. The van der Waals surface area contributed by atoms with Crippen LogP contribution in [0.5, 0.6) is 0 Å². The van der Waals surface area contributed by atoms with E-state index in [2.05, 4.69) is 13.8 Å². The average molecular weight is 513 g/mol. The van der Waals surface area contributed by atoms with Crippen molar-refractivity contribution in [2.75, 3.05) is 13.2 Å². The number of aliphatic hydroxyl groups excluding tert-OH is 1. The van der Waals surface area contributed by atoms with E-state index in [1.807, 2.05) is 0 Å². The minimum atomic E-state index is -0.757. The lowest BCUT2D eigenvalue weighted by molar-refractivity contribution is -0.161. The van der Waals surface area contributed by atoms with Crippen LogP contribution in [0, 0.1) is 0 Å². The molecule has 1 N–H and O–H groups in total. The van der Waals surface area contributed by atoms with Gasteiger partial charge >= 0.3 is 11.9 Å². The predicted octanol–water partition coefficient (Wildman–Crippen LogP) is 8.84. The van der Waals surface area contributed by atoms with Gasteiger partial charge < -0.3 is 14.6 Å². The van der Waals surface area contributed by atoms with Crippen LogP contribution in [-0.4, -0.2) is 36.4 Å². The third-order valence-corrected chi connectivity index (χ3v) is 6.90. The highest BCUT2D eigenvalue weighted by atomic mass is 16.6. The van der Waals surface area contributed by atoms with Gasteiger partial charge in [-0.1, -0.05) is 142 Å². The van der Waals surface area contributed by atoms with Gasteiger partial charge in [0.15, 0.2) is 6.10 Å². The van der Waals surface area contributed by atoms with E-state index in [1.54, 1.807) is 0 Å². The third kappa shape index (κ3) is 26.0. The molecule has 0 saturated carbocycles. The number of unbranched alkanes of at least 4 members (excludes halogenated alkanes) is 20. The van der Waals surface area contributed by atoms with E-state index in [4.69, 9.17) is 9.47 Å². The van der Waals surface area contributed by atoms with E-state index in [0.29, 0.717) is 12.8 Å². The maximum absolute atomic E-state index is 12.0. The number of aliphatic hydroxyl groups is 1. The standard InChI is InChI=1S/C31H60O5/c1-3-5-7-9-11-12-13-14-15-16-17-18-20-21-23-25-30(33)35-28-29(27-32)36-31(34)26-24-22-19-10-8-6-4-2/h29,32H,3-28H2,1-2H3. The van der Waals surface area contributed by atoms with Gasteiger partial charge in [0.25, 0.3) is 0 Å². The molecule has 0 aliphatic carbocycles. The Morgan fingerprint density at radius 1 is 0.528 bits per heavy atom. The summed E-state index contributed by atoms with van der Waals surface area (Å²) in [6, 6.07) is 0. The lowest BCUT2D eigenvalue weighted by Gasteiger charge is -2.15. The smallest absolute Gasteiger partial charge is 0.306 e. The zero-order chi connectivity index (χ0) is 26.5. The summed E-state index contributed by atoms with van der Waals surface area (Å²) in [6.45, 7) is 4.08. The van der Waals surface area contributed by atoms with Crippen LogP contribution < -0.4 is 0 Å². The van der Waals surface area contributed by atoms with E-state index >= 15 is 0 Å². The average Bonchev–Trinajstić information content (AvgIpc) is 2.88. The molecule has 0 bridgehead atoms. The van der Waals surface area contributed by atoms with Crippen LogP contribution in [0.3, 0.4) is 0 Å². The molecule has 0 aromatic carbocycles. The van der Waals surface area contributed by atoms with E-state index in [0.717, 1.165) is 32.1 Å². The summed E-state index contributed by atoms with van der Waals surface area (Å²) in [6.07, 6.45) is 27.4. The summed E-state index contributed by atoms with van der Waals surface area (Å²) in [5, 5.41) is 9.43. The fraction of sp³-hybridized carbons (Fsp3) is 0.935. The molecule has 0 aliphatic rings. The Morgan fingerprint density at radius 3 is 1.22 bits per heavy atom. The highest BCUT2D eigenvalue weighted by molar-refractivity contribution is 5.70. The molecule has 0 aliphatic heterocycles. The Kier molecular flexibility index (Phi) is 27.6. The molecule has 0 saturated heterocycles. The quantitative estimate of drug-likeness (QED) is 0.0837. The van der Waals surface area contributed by atoms with Crippen molar-refractivity contribution in [1.82, 2.24) is 0 Å². The van der Waals surface area contributed by atoms with Gasteiger partial charge in [-0.25, -0.2) is 0 Å². The fourth-order valence-corrected chi connectivity index (χ4v) is 4.49. The van der Waals surface area contributed by atoms with Gasteiger partial charge in [0, 0.05) is 12.8 Å². The number of esters is 2. The van der Waals surface area contributed by atoms with Crippen molar-refractivity contribution >= 4 is 11.9 Å². The van der Waals surface area contributed by atoms with Gasteiger partial charge in [0.1, 0.15) is 6.61 Å². The monoisotopic (exact) mass is 512 g/mol. The molecule has 214 valence electrons. The van der Waals surface area contributed by atoms with E-state index < -0.39 is 6.10 Å². The first-order valence-corrected chi connectivity index (χ1v) is 15.6. The Balaban J connectivity index is 3.51. The topological polar surface area (TPSA) is 72.8 Å². The van der Waals surface area contributed by atoms with Crippen molar-refractivity contribution < 1.29 is 24.2 Å². The minimum absolute atomic E-state index is 0.0587. The van der Waals surface area contributed by atoms with Crippen LogP contribution in [0.4, 0.5) is 0 Å². The van der Waals surface area contributed by atoms with Crippen molar-refractivity contribution in [3.63, 3.8) is 0 Å². The van der Waals surface area contributed by atoms with Crippen LogP contribution in [0.1, 0.15) is 168 Å². The second kappa shape index (κ2) is 28.5. The molecule has 5 heteroatoms. The molecule has 1 atom stereocenters. The van der Waals surface area contributed by atoms with Gasteiger partial charge in [-0.2, -0.15) is 0 Å². The zero-order valence-corrected chi connectivity index (χ0v) is 24.0. The van der Waals surface area contributed by atoms with Crippen molar-refractivity contribution in [2.45, 2.75) is 174 Å². The highest BCUT2D eigenvalue weighted by Crippen LogP contribution is 2.14. The molecule has 0 aromatic rings. The summed E-state index contributed by atoms with van der Waals surface area (Å²) in [4.78, 5) is 23.9. The maximum atomic E-state index is 12.0. The van der Waals surface area contributed by atoms with Crippen molar-refractivity contribution in [3.8, 4) is 0 Å². The van der Waals surface area contributed by atoms with Crippen molar-refractivity contribution in [1.29, 1.82) is 0 Å². The first-order valence-electron chi connectivity index (χ1n) is 15.6. The van der Waals surface area contributed by atoms with Gasteiger partial charge in [0.05, 0.1) is 6.61 Å². The molecular formula is C31H60O5. The lowest BCUT2D eigenvalue weighted by Crippen LogP contribution is -2.28. The normalized spacial score (nSPS) is 12.0. The number of rotatable bonds is 28. The largest absolute Gasteiger partial charge is 0.462 e. The molecule has 0 heterocycles. The number of ether oxygens (including phenoxy) is 2. The molecule has 0 rings (SSSR count). The van der Waals surface area contributed by atoms with Gasteiger partial charge in [-0.15, -0.1) is 0 Å². The van der Waals surface area contributed by atoms with Gasteiger partial charge in [-0.3, -0.25) is 9.59 Å². The minimum Gasteiger partial charge on any atom is -0.462 e. The first-order chi connectivity index (χ1) is 17.6. The molecule has 0 amide bonds. The van der Waals surface area contributed by atoms with E-state index in [1.165, 1.54) is 109 Å². The maximum Gasteiger partial charge on any atom is 0.306 e. The molecule has 0 spiro atoms. The van der Waals surface area contributed by atoms with E-state index in [-0.39, 0.29) is 25.2 Å². The van der Waals surface area contributed by atoms with Crippen LogP contribution >= 0.6 is 0 Å². The molecule has 0 radical (unpaired) electrons. The zero-order valence-electron chi connectivity index (χ0n) is 24.0. The van der Waals surface area contributed by atoms with Gasteiger partial charge in [-0.05, 0) is 12.8 Å². The van der Waals surface area contributed by atoms with Crippen LogP contribution in [0.25, 0.3) is 0 Å².